The molecular weight excluding hydrogens is 769 g/mol. The summed E-state index contributed by atoms with van der Waals surface area (Å²) in [5.74, 6) is -0.854. The van der Waals surface area contributed by atoms with Crippen LogP contribution < -0.4 is 0 Å². The Labute approximate surface area is 386 Å². The van der Waals surface area contributed by atoms with Crippen molar-refractivity contribution in [1.82, 2.24) is 0 Å². The zero-order valence-electron chi connectivity index (χ0n) is 41.9. The minimum Gasteiger partial charge on any atom is -0.462 e. The lowest BCUT2D eigenvalue weighted by atomic mass is 10.0. The third-order valence-electron chi connectivity index (χ3n) is 12.5. The van der Waals surface area contributed by atoms with E-state index in [0.29, 0.717) is 19.3 Å². The van der Waals surface area contributed by atoms with E-state index >= 15 is 0 Å². The molecule has 0 spiro atoms. The summed E-state index contributed by atoms with van der Waals surface area (Å²) in [6.45, 7) is 6.67. The van der Waals surface area contributed by atoms with Gasteiger partial charge in [-0.15, -0.1) is 0 Å². The van der Waals surface area contributed by atoms with E-state index in [0.717, 1.165) is 64.2 Å². The van der Waals surface area contributed by atoms with Crippen LogP contribution in [0.25, 0.3) is 0 Å². The number of esters is 3. The lowest BCUT2D eigenvalue weighted by molar-refractivity contribution is -0.167. The molecule has 0 amide bonds. The smallest absolute Gasteiger partial charge is 0.306 e. The van der Waals surface area contributed by atoms with Crippen LogP contribution in [-0.4, -0.2) is 37.2 Å². The first-order valence-corrected chi connectivity index (χ1v) is 27.7. The molecule has 0 aliphatic rings. The molecule has 0 rings (SSSR count). The molecule has 0 unspecified atom stereocenters. The third kappa shape index (κ3) is 49.2. The van der Waals surface area contributed by atoms with E-state index in [2.05, 4.69) is 32.9 Å². The van der Waals surface area contributed by atoms with Crippen molar-refractivity contribution in [1.29, 1.82) is 0 Å². The second-order valence-corrected chi connectivity index (χ2v) is 18.9. The first-order valence-electron chi connectivity index (χ1n) is 27.7. The molecule has 1 atom stereocenters. The van der Waals surface area contributed by atoms with Crippen molar-refractivity contribution >= 4 is 17.9 Å². The Morgan fingerprint density at radius 1 is 0.306 bits per heavy atom. The Bertz CT molecular complexity index is 962. The van der Waals surface area contributed by atoms with Crippen molar-refractivity contribution in [3.63, 3.8) is 0 Å². The van der Waals surface area contributed by atoms with E-state index in [4.69, 9.17) is 14.2 Å². The number of allylic oxidation sites excluding steroid dienone is 2. The topological polar surface area (TPSA) is 78.9 Å². The highest BCUT2D eigenvalue weighted by atomic mass is 16.6. The maximum absolute atomic E-state index is 12.8. The minimum atomic E-state index is -0.766. The predicted octanol–water partition coefficient (Wildman–Crippen LogP) is 18.2. The standard InChI is InChI=1S/C56H106O6/c1-4-7-10-13-16-19-22-25-28-31-34-37-40-43-46-49-55(58)61-52-53(51-60-54(57)48-45-42-39-36-33-30-27-24-21-18-15-12-9-6-3)62-56(59)50-47-44-41-38-35-32-29-26-23-20-17-14-11-8-5-2/h24,27,53H,4-23,25-26,28-52H2,1-3H3/b27-24-/t53-/m1/s1. The lowest BCUT2D eigenvalue weighted by Crippen LogP contribution is -2.30. The second-order valence-electron chi connectivity index (χ2n) is 18.9. The van der Waals surface area contributed by atoms with E-state index in [1.54, 1.807) is 0 Å². The number of carbonyl (C=O) groups is 3. The average molecular weight is 875 g/mol. The van der Waals surface area contributed by atoms with Gasteiger partial charge in [-0.25, -0.2) is 0 Å². The molecule has 0 saturated heterocycles. The number of unbranched alkanes of at least 4 members (excludes halogenated alkanes) is 38. The molecule has 0 aromatic rings. The molecule has 0 bridgehead atoms. The fourth-order valence-corrected chi connectivity index (χ4v) is 8.32. The van der Waals surface area contributed by atoms with E-state index in [9.17, 15) is 14.4 Å². The van der Waals surface area contributed by atoms with E-state index in [1.165, 1.54) is 205 Å². The number of rotatable bonds is 51. The van der Waals surface area contributed by atoms with Gasteiger partial charge in [0, 0.05) is 19.3 Å². The molecule has 0 radical (unpaired) electrons. The Morgan fingerprint density at radius 3 is 0.806 bits per heavy atom. The van der Waals surface area contributed by atoms with Crippen LogP contribution in [0.5, 0.6) is 0 Å². The predicted molar refractivity (Wildman–Crippen MR) is 266 cm³/mol. The molecule has 62 heavy (non-hydrogen) atoms. The van der Waals surface area contributed by atoms with Crippen LogP contribution in [-0.2, 0) is 28.6 Å². The van der Waals surface area contributed by atoms with E-state index in [-0.39, 0.29) is 31.1 Å². The van der Waals surface area contributed by atoms with Crippen LogP contribution in [0, 0.1) is 0 Å². The van der Waals surface area contributed by atoms with Crippen molar-refractivity contribution in [2.45, 2.75) is 316 Å². The fraction of sp³-hybridized carbons (Fsp3) is 0.911. The van der Waals surface area contributed by atoms with Gasteiger partial charge in [-0.2, -0.15) is 0 Å². The summed E-state index contributed by atoms with van der Waals surface area (Å²) in [5.41, 5.74) is 0. The SMILES string of the molecule is CCCCCCC/C=C\CCCCCCCC(=O)OC[C@H](COC(=O)CCCCCCCCCCCCCCCCC)OC(=O)CCCCCCCCCCCCCCCCC. The summed E-state index contributed by atoms with van der Waals surface area (Å²) < 4.78 is 16.8. The Hall–Kier alpha value is -1.85. The summed E-state index contributed by atoms with van der Waals surface area (Å²) >= 11 is 0. The summed E-state index contributed by atoms with van der Waals surface area (Å²) in [5, 5.41) is 0. The van der Waals surface area contributed by atoms with Crippen molar-refractivity contribution in [3.05, 3.63) is 12.2 Å². The number of hydrogen-bond acceptors (Lipinski definition) is 6. The van der Waals surface area contributed by atoms with Gasteiger partial charge in [-0.1, -0.05) is 258 Å². The maximum Gasteiger partial charge on any atom is 0.306 e. The summed E-state index contributed by atoms with van der Waals surface area (Å²) in [6.07, 6.45) is 57.6. The first-order chi connectivity index (χ1) is 30.5. The summed E-state index contributed by atoms with van der Waals surface area (Å²) in [6, 6.07) is 0. The van der Waals surface area contributed by atoms with E-state index < -0.39 is 6.10 Å². The number of ether oxygens (including phenoxy) is 3. The van der Waals surface area contributed by atoms with Gasteiger partial charge in [0.2, 0.25) is 0 Å². The molecular formula is C56H106O6. The highest BCUT2D eigenvalue weighted by Crippen LogP contribution is 2.17. The Kier molecular flexibility index (Phi) is 50.2. The summed E-state index contributed by atoms with van der Waals surface area (Å²) in [4.78, 5) is 38.0. The van der Waals surface area contributed by atoms with Crippen LogP contribution in [0.3, 0.4) is 0 Å². The maximum atomic E-state index is 12.8. The van der Waals surface area contributed by atoms with Gasteiger partial charge in [0.05, 0.1) is 0 Å². The van der Waals surface area contributed by atoms with Crippen molar-refractivity contribution in [2.24, 2.45) is 0 Å². The minimum absolute atomic E-state index is 0.0667. The first kappa shape index (κ1) is 60.2. The van der Waals surface area contributed by atoms with Crippen LogP contribution in [0.4, 0.5) is 0 Å². The van der Waals surface area contributed by atoms with Gasteiger partial charge < -0.3 is 14.2 Å². The van der Waals surface area contributed by atoms with Crippen molar-refractivity contribution in [3.8, 4) is 0 Å². The van der Waals surface area contributed by atoms with Crippen LogP contribution >= 0.6 is 0 Å². The van der Waals surface area contributed by atoms with Gasteiger partial charge in [0.15, 0.2) is 6.10 Å². The molecule has 0 N–H and O–H groups in total. The van der Waals surface area contributed by atoms with Crippen LogP contribution in [0.1, 0.15) is 310 Å². The lowest BCUT2D eigenvalue weighted by Gasteiger charge is -2.18. The molecule has 0 heterocycles. The molecule has 0 aromatic heterocycles. The molecule has 0 aliphatic heterocycles. The molecule has 366 valence electrons. The van der Waals surface area contributed by atoms with Crippen LogP contribution in [0.15, 0.2) is 12.2 Å². The van der Waals surface area contributed by atoms with Crippen LogP contribution in [0.2, 0.25) is 0 Å². The zero-order valence-corrected chi connectivity index (χ0v) is 41.9. The number of hydrogen-bond donors (Lipinski definition) is 0. The second kappa shape index (κ2) is 51.8. The van der Waals surface area contributed by atoms with E-state index in [1.807, 2.05) is 0 Å². The average Bonchev–Trinajstić information content (AvgIpc) is 3.27. The highest BCUT2D eigenvalue weighted by Gasteiger charge is 2.19. The molecule has 0 saturated carbocycles. The largest absolute Gasteiger partial charge is 0.462 e. The molecule has 0 aliphatic carbocycles. The van der Waals surface area contributed by atoms with Gasteiger partial charge in [0.25, 0.3) is 0 Å². The third-order valence-corrected chi connectivity index (χ3v) is 12.5. The zero-order chi connectivity index (χ0) is 45.1. The van der Waals surface area contributed by atoms with Gasteiger partial charge in [-0.3, -0.25) is 14.4 Å². The fourth-order valence-electron chi connectivity index (χ4n) is 8.32. The normalized spacial score (nSPS) is 12.0. The molecule has 0 fully saturated rings. The van der Waals surface area contributed by atoms with Gasteiger partial charge >= 0.3 is 17.9 Å². The Balaban J connectivity index is 4.33. The van der Waals surface area contributed by atoms with Gasteiger partial charge in [0.1, 0.15) is 13.2 Å². The molecule has 6 nitrogen and oxygen atoms in total. The van der Waals surface area contributed by atoms with Crippen molar-refractivity contribution < 1.29 is 28.6 Å². The monoisotopic (exact) mass is 875 g/mol. The molecule has 0 aromatic carbocycles. The Morgan fingerprint density at radius 2 is 0.532 bits per heavy atom. The summed E-state index contributed by atoms with van der Waals surface area (Å²) in [7, 11) is 0. The number of carbonyl (C=O) groups excluding carboxylic acids is 3. The highest BCUT2D eigenvalue weighted by molar-refractivity contribution is 5.71. The quantitative estimate of drug-likeness (QED) is 0.0262. The van der Waals surface area contributed by atoms with Crippen molar-refractivity contribution in [2.75, 3.05) is 13.2 Å². The van der Waals surface area contributed by atoms with Gasteiger partial charge in [-0.05, 0) is 44.9 Å². The molecule has 6 heteroatoms.